The Hall–Kier alpha value is -3.13. The number of carbonyl (C=O) groups is 2. The van der Waals surface area contributed by atoms with Crippen molar-refractivity contribution in [2.24, 2.45) is 0 Å². The molecule has 4 rings (SSSR count). The van der Waals surface area contributed by atoms with Crippen LogP contribution in [0.1, 0.15) is 47.4 Å². The van der Waals surface area contributed by atoms with E-state index in [0.717, 1.165) is 35.9 Å². The van der Waals surface area contributed by atoms with Gasteiger partial charge in [0.1, 0.15) is 5.82 Å². The van der Waals surface area contributed by atoms with Crippen LogP contribution in [0.2, 0.25) is 0 Å². The molecule has 1 heterocycles. The Bertz CT molecular complexity index is 1060. The summed E-state index contributed by atoms with van der Waals surface area (Å²) in [7, 11) is 0. The Labute approximate surface area is 185 Å². The van der Waals surface area contributed by atoms with Crippen molar-refractivity contribution in [2.75, 3.05) is 11.1 Å². The standard InChI is InChI=1S/C23H25N5O2S/c1-2-28-21(17-12-13-17)26-27-23(28)31-15-20(29)25-19-11-7-6-10-18(19)22(30)24-14-16-8-4-3-5-9-16/h3-11,17H,2,12-15H2,1H3,(H,24,30)(H,25,29). The molecule has 0 spiro atoms. The normalized spacial score (nSPS) is 13.1. The molecule has 1 fully saturated rings. The molecule has 160 valence electrons. The van der Waals surface area contributed by atoms with E-state index in [2.05, 4.69) is 32.3 Å². The second-order valence-corrected chi connectivity index (χ2v) is 8.35. The lowest BCUT2D eigenvalue weighted by Crippen LogP contribution is -2.25. The van der Waals surface area contributed by atoms with Gasteiger partial charge in [0, 0.05) is 19.0 Å². The van der Waals surface area contributed by atoms with Crippen LogP contribution in [-0.4, -0.2) is 32.3 Å². The van der Waals surface area contributed by atoms with E-state index in [4.69, 9.17) is 0 Å². The Morgan fingerprint density at radius 2 is 1.81 bits per heavy atom. The number of hydrogen-bond donors (Lipinski definition) is 2. The zero-order chi connectivity index (χ0) is 21.6. The molecule has 7 nitrogen and oxygen atoms in total. The molecule has 0 atom stereocenters. The molecule has 2 amide bonds. The molecule has 0 unspecified atom stereocenters. The van der Waals surface area contributed by atoms with Gasteiger partial charge in [-0.05, 0) is 37.5 Å². The van der Waals surface area contributed by atoms with Crippen molar-refractivity contribution in [3.63, 3.8) is 0 Å². The Morgan fingerprint density at radius 3 is 2.55 bits per heavy atom. The molecule has 0 aliphatic heterocycles. The van der Waals surface area contributed by atoms with E-state index in [9.17, 15) is 9.59 Å². The number of nitrogens with one attached hydrogen (secondary N) is 2. The number of anilines is 1. The molecule has 0 saturated heterocycles. The molecular weight excluding hydrogens is 410 g/mol. The summed E-state index contributed by atoms with van der Waals surface area (Å²) in [5.41, 5.74) is 1.94. The fraction of sp³-hybridized carbons (Fsp3) is 0.304. The minimum atomic E-state index is -0.229. The number of para-hydroxylation sites is 1. The molecule has 2 N–H and O–H groups in total. The van der Waals surface area contributed by atoms with Gasteiger partial charge in [0.25, 0.3) is 5.91 Å². The summed E-state index contributed by atoms with van der Waals surface area (Å²) in [5.74, 6) is 1.31. The highest BCUT2D eigenvalue weighted by atomic mass is 32.2. The minimum absolute atomic E-state index is 0.188. The molecule has 1 aliphatic rings. The molecule has 1 aliphatic carbocycles. The third kappa shape index (κ3) is 5.32. The maximum Gasteiger partial charge on any atom is 0.253 e. The van der Waals surface area contributed by atoms with Gasteiger partial charge in [-0.15, -0.1) is 10.2 Å². The van der Waals surface area contributed by atoms with Crippen molar-refractivity contribution in [1.82, 2.24) is 20.1 Å². The number of amides is 2. The SMILES string of the molecule is CCn1c(SCC(=O)Nc2ccccc2C(=O)NCc2ccccc2)nnc1C1CC1. The van der Waals surface area contributed by atoms with Crippen LogP contribution in [0.5, 0.6) is 0 Å². The highest BCUT2D eigenvalue weighted by molar-refractivity contribution is 7.99. The first-order valence-corrected chi connectivity index (χ1v) is 11.4. The number of benzene rings is 2. The number of hydrogen-bond acceptors (Lipinski definition) is 5. The van der Waals surface area contributed by atoms with Gasteiger partial charge in [-0.1, -0.05) is 54.2 Å². The first-order chi connectivity index (χ1) is 15.2. The zero-order valence-corrected chi connectivity index (χ0v) is 18.2. The van der Waals surface area contributed by atoms with Crippen LogP contribution < -0.4 is 10.6 Å². The topological polar surface area (TPSA) is 88.9 Å². The Kier molecular flexibility index (Phi) is 6.66. The molecule has 1 aromatic heterocycles. The third-order valence-corrected chi connectivity index (χ3v) is 6.04. The van der Waals surface area contributed by atoms with Gasteiger partial charge < -0.3 is 15.2 Å². The van der Waals surface area contributed by atoms with Crippen molar-refractivity contribution in [2.45, 2.75) is 43.9 Å². The van der Waals surface area contributed by atoms with Gasteiger partial charge in [-0.25, -0.2) is 0 Å². The van der Waals surface area contributed by atoms with E-state index in [0.29, 0.717) is 23.7 Å². The quantitative estimate of drug-likeness (QED) is 0.499. The van der Waals surface area contributed by atoms with Crippen molar-refractivity contribution >= 4 is 29.3 Å². The average Bonchev–Trinajstić information content (AvgIpc) is 3.56. The maximum absolute atomic E-state index is 12.7. The molecule has 8 heteroatoms. The van der Waals surface area contributed by atoms with Gasteiger partial charge >= 0.3 is 0 Å². The van der Waals surface area contributed by atoms with E-state index in [1.54, 1.807) is 24.3 Å². The van der Waals surface area contributed by atoms with Gasteiger partial charge in [-0.2, -0.15) is 0 Å². The zero-order valence-electron chi connectivity index (χ0n) is 17.4. The summed E-state index contributed by atoms with van der Waals surface area (Å²) in [5, 5.41) is 15.1. The van der Waals surface area contributed by atoms with Crippen LogP contribution in [0.4, 0.5) is 5.69 Å². The summed E-state index contributed by atoms with van der Waals surface area (Å²) >= 11 is 1.36. The van der Waals surface area contributed by atoms with Crippen LogP contribution in [0, 0.1) is 0 Å². The average molecular weight is 436 g/mol. The fourth-order valence-corrected chi connectivity index (χ4v) is 4.14. The minimum Gasteiger partial charge on any atom is -0.348 e. The summed E-state index contributed by atoms with van der Waals surface area (Å²) in [6.07, 6.45) is 2.32. The van der Waals surface area contributed by atoms with Gasteiger partial charge in [0.15, 0.2) is 5.16 Å². The van der Waals surface area contributed by atoms with E-state index in [-0.39, 0.29) is 17.6 Å². The first kappa shape index (κ1) is 21.1. The predicted octanol–water partition coefficient (Wildman–Crippen LogP) is 3.84. The number of carbonyl (C=O) groups excluding carboxylic acids is 2. The molecule has 31 heavy (non-hydrogen) atoms. The van der Waals surface area contributed by atoms with Crippen LogP contribution >= 0.6 is 11.8 Å². The van der Waals surface area contributed by atoms with Crippen LogP contribution in [0.25, 0.3) is 0 Å². The monoisotopic (exact) mass is 435 g/mol. The lowest BCUT2D eigenvalue weighted by Gasteiger charge is -2.12. The highest BCUT2D eigenvalue weighted by Crippen LogP contribution is 2.40. The van der Waals surface area contributed by atoms with E-state index >= 15 is 0 Å². The number of aromatic nitrogens is 3. The first-order valence-electron chi connectivity index (χ1n) is 10.4. The molecule has 2 aromatic carbocycles. The predicted molar refractivity (Wildman–Crippen MR) is 121 cm³/mol. The van der Waals surface area contributed by atoms with Gasteiger partial charge in [-0.3, -0.25) is 9.59 Å². The summed E-state index contributed by atoms with van der Waals surface area (Å²) < 4.78 is 2.08. The molecular formula is C23H25N5O2S. The second-order valence-electron chi connectivity index (χ2n) is 7.41. The molecule has 0 radical (unpaired) electrons. The number of nitrogens with zero attached hydrogens (tertiary/aromatic N) is 3. The smallest absolute Gasteiger partial charge is 0.253 e. The van der Waals surface area contributed by atoms with Crippen molar-refractivity contribution in [1.29, 1.82) is 0 Å². The van der Waals surface area contributed by atoms with Crippen molar-refractivity contribution < 1.29 is 9.59 Å². The van der Waals surface area contributed by atoms with Crippen molar-refractivity contribution in [3.8, 4) is 0 Å². The Morgan fingerprint density at radius 1 is 1.06 bits per heavy atom. The van der Waals surface area contributed by atoms with Crippen molar-refractivity contribution in [3.05, 3.63) is 71.5 Å². The summed E-state index contributed by atoms with van der Waals surface area (Å²) in [4.78, 5) is 25.2. The highest BCUT2D eigenvalue weighted by Gasteiger charge is 2.30. The van der Waals surface area contributed by atoms with Crippen LogP contribution in [0.15, 0.2) is 59.8 Å². The second kappa shape index (κ2) is 9.78. The Balaban J connectivity index is 1.36. The lowest BCUT2D eigenvalue weighted by atomic mass is 10.1. The number of rotatable bonds is 9. The van der Waals surface area contributed by atoms with Gasteiger partial charge in [0.05, 0.1) is 17.0 Å². The molecule has 0 bridgehead atoms. The molecule has 1 saturated carbocycles. The van der Waals surface area contributed by atoms with Gasteiger partial charge in [0.2, 0.25) is 5.91 Å². The van der Waals surface area contributed by atoms with E-state index < -0.39 is 0 Å². The van der Waals surface area contributed by atoms with Crippen LogP contribution in [0.3, 0.4) is 0 Å². The van der Waals surface area contributed by atoms with E-state index in [1.807, 2.05) is 30.3 Å². The lowest BCUT2D eigenvalue weighted by molar-refractivity contribution is -0.113. The summed E-state index contributed by atoms with van der Waals surface area (Å²) in [6.45, 7) is 3.27. The summed E-state index contributed by atoms with van der Waals surface area (Å²) in [6, 6.07) is 16.7. The molecule has 3 aromatic rings. The largest absolute Gasteiger partial charge is 0.348 e. The van der Waals surface area contributed by atoms with E-state index in [1.165, 1.54) is 11.8 Å². The fourth-order valence-electron chi connectivity index (χ4n) is 3.33. The maximum atomic E-state index is 12.7. The van der Waals surface area contributed by atoms with Crippen LogP contribution in [-0.2, 0) is 17.9 Å². The third-order valence-electron chi connectivity index (χ3n) is 5.08. The number of thioether (sulfide) groups is 1.